The molecule has 2 fully saturated rings. The van der Waals surface area contributed by atoms with Crippen LogP contribution in [-0.2, 0) is 0 Å². The number of likely N-dealkylation sites (tertiary alicyclic amines) is 2. The number of rotatable bonds is 7. The number of guanidine groups is 1. The highest BCUT2D eigenvalue weighted by atomic mass is 16.5. The minimum Gasteiger partial charge on any atom is -0.493 e. The Morgan fingerprint density at radius 3 is 2.47 bits per heavy atom. The molecule has 0 unspecified atom stereocenters. The first-order valence-corrected chi connectivity index (χ1v) is 11.3. The second kappa shape index (κ2) is 10.9. The largest absolute Gasteiger partial charge is 0.493 e. The predicted octanol–water partition coefficient (Wildman–Crippen LogP) is 3.03. The van der Waals surface area contributed by atoms with Crippen molar-refractivity contribution in [2.45, 2.75) is 44.6 Å². The lowest BCUT2D eigenvalue weighted by atomic mass is 9.84. The van der Waals surface area contributed by atoms with E-state index in [1.54, 1.807) is 7.11 Å². The number of methoxy groups -OCH3 is 1. The molecule has 7 nitrogen and oxygen atoms in total. The monoisotopic (exact) mass is 417 g/mol. The molecule has 0 amide bonds. The molecule has 7 heteroatoms. The van der Waals surface area contributed by atoms with Gasteiger partial charge in [-0.05, 0) is 78.0 Å². The van der Waals surface area contributed by atoms with Gasteiger partial charge in [-0.25, -0.2) is 0 Å². The summed E-state index contributed by atoms with van der Waals surface area (Å²) in [5.74, 6) is 2.26. The summed E-state index contributed by atoms with van der Waals surface area (Å²) in [6.45, 7) is 8.22. The number of ether oxygens (including phenoxy) is 2. The molecule has 168 valence electrons. The minimum atomic E-state index is 0.209. The Kier molecular flexibility index (Phi) is 8.22. The van der Waals surface area contributed by atoms with E-state index in [1.807, 2.05) is 32.2 Å². The van der Waals surface area contributed by atoms with E-state index in [-0.39, 0.29) is 5.54 Å². The van der Waals surface area contributed by atoms with Crippen molar-refractivity contribution in [3.63, 3.8) is 0 Å². The normalized spacial score (nSPS) is 20.6. The quantitative estimate of drug-likeness (QED) is 0.525. The Morgan fingerprint density at radius 2 is 1.83 bits per heavy atom. The molecular formula is C23H39N5O2. The highest BCUT2D eigenvalue weighted by molar-refractivity contribution is 5.93. The van der Waals surface area contributed by atoms with Gasteiger partial charge in [0.1, 0.15) is 0 Å². The lowest BCUT2D eigenvalue weighted by Crippen LogP contribution is -2.61. The lowest BCUT2D eigenvalue weighted by molar-refractivity contribution is 0.0174. The molecule has 0 radical (unpaired) electrons. The van der Waals surface area contributed by atoms with Crippen LogP contribution in [0.25, 0.3) is 0 Å². The van der Waals surface area contributed by atoms with Crippen molar-refractivity contribution in [2.24, 2.45) is 4.99 Å². The van der Waals surface area contributed by atoms with Crippen molar-refractivity contribution in [1.29, 1.82) is 0 Å². The van der Waals surface area contributed by atoms with Crippen molar-refractivity contribution >= 4 is 11.6 Å². The topological polar surface area (TPSA) is 61.4 Å². The SMILES string of the molecule is CCOc1cc(NC(=NC)NCC2(N3CCCCC3)CCN(C)CC2)ccc1OC. The first kappa shape index (κ1) is 22.7. The third kappa shape index (κ3) is 5.58. The molecule has 0 saturated carbocycles. The zero-order valence-corrected chi connectivity index (χ0v) is 19.2. The Hall–Kier alpha value is -1.99. The zero-order chi connectivity index (χ0) is 21.4. The first-order chi connectivity index (χ1) is 14.6. The maximum Gasteiger partial charge on any atom is 0.195 e. The number of piperidine rings is 2. The van der Waals surface area contributed by atoms with Gasteiger partial charge in [-0.2, -0.15) is 0 Å². The highest BCUT2D eigenvalue weighted by Gasteiger charge is 2.39. The highest BCUT2D eigenvalue weighted by Crippen LogP contribution is 2.32. The van der Waals surface area contributed by atoms with E-state index in [9.17, 15) is 0 Å². The van der Waals surface area contributed by atoms with Crippen molar-refractivity contribution in [2.75, 3.05) is 65.9 Å². The average molecular weight is 418 g/mol. The molecular weight excluding hydrogens is 378 g/mol. The van der Waals surface area contributed by atoms with Crippen molar-refractivity contribution < 1.29 is 9.47 Å². The van der Waals surface area contributed by atoms with Gasteiger partial charge in [-0.15, -0.1) is 0 Å². The van der Waals surface area contributed by atoms with Crippen LogP contribution in [0.15, 0.2) is 23.2 Å². The fraction of sp³-hybridized carbons (Fsp3) is 0.696. The number of benzene rings is 1. The molecule has 2 aliphatic rings. The standard InChI is InChI=1S/C23H39N5O2/c1-5-30-21-17-19(9-10-20(21)29-4)26-22(24-2)25-18-23(11-15-27(3)16-12-23)28-13-7-6-8-14-28/h9-10,17H,5-8,11-16,18H2,1-4H3,(H2,24,25,26). The molecule has 0 aromatic heterocycles. The third-order valence-corrected chi connectivity index (χ3v) is 6.48. The van der Waals surface area contributed by atoms with E-state index in [1.165, 1.54) is 45.2 Å². The van der Waals surface area contributed by atoms with E-state index in [4.69, 9.17) is 9.47 Å². The minimum absolute atomic E-state index is 0.209. The zero-order valence-electron chi connectivity index (χ0n) is 19.2. The summed E-state index contributed by atoms with van der Waals surface area (Å²) in [7, 11) is 5.71. The number of hydrogen-bond donors (Lipinski definition) is 2. The Bertz CT molecular complexity index is 695. The number of nitrogens with one attached hydrogen (secondary N) is 2. The maximum absolute atomic E-state index is 5.71. The summed E-state index contributed by atoms with van der Waals surface area (Å²) in [4.78, 5) is 9.66. The van der Waals surface area contributed by atoms with E-state index < -0.39 is 0 Å². The van der Waals surface area contributed by atoms with Crippen LogP contribution in [0.3, 0.4) is 0 Å². The molecule has 2 aliphatic heterocycles. The van der Waals surface area contributed by atoms with Crippen LogP contribution in [0, 0.1) is 0 Å². The van der Waals surface area contributed by atoms with Gasteiger partial charge in [0.05, 0.1) is 13.7 Å². The van der Waals surface area contributed by atoms with Crippen LogP contribution in [0.4, 0.5) is 5.69 Å². The molecule has 0 aliphatic carbocycles. The fourth-order valence-corrected chi connectivity index (χ4v) is 4.59. The summed E-state index contributed by atoms with van der Waals surface area (Å²) in [5.41, 5.74) is 1.14. The fourth-order valence-electron chi connectivity index (χ4n) is 4.59. The lowest BCUT2D eigenvalue weighted by Gasteiger charge is -2.50. The number of aliphatic imine (C=N–C) groups is 1. The molecule has 3 rings (SSSR count). The van der Waals surface area contributed by atoms with Gasteiger partial charge in [0.15, 0.2) is 17.5 Å². The summed E-state index contributed by atoms with van der Waals surface area (Å²) in [5, 5.41) is 7.05. The van der Waals surface area contributed by atoms with Crippen LogP contribution in [0.2, 0.25) is 0 Å². The molecule has 0 spiro atoms. The second-order valence-electron chi connectivity index (χ2n) is 8.42. The molecule has 2 saturated heterocycles. The van der Waals surface area contributed by atoms with Crippen LogP contribution >= 0.6 is 0 Å². The molecule has 2 N–H and O–H groups in total. The van der Waals surface area contributed by atoms with Gasteiger partial charge in [-0.3, -0.25) is 9.89 Å². The van der Waals surface area contributed by atoms with Crippen LogP contribution in [-0.4, -0.2) is 81.8 Å². The summed E-state index contributed by atoms with van der Waals surface area (Å²) in [6.07, 6.45) is 6.39. The molecule has 1 aromatic rings. The van der Waals surface area contributed by atoms with Crippen LogP contribution in [0.1, 0.15) is 39.0 Å². The van der Waals surface area contributed by atoms with E-state index >= 15 is 0 Å². The first-order valence-electron chi connectivity index (χ1n) is 11.3. The average Bonchev–Trinajstić information content (AvgIpc) is 2.79. The Morgan fingerprint density at radius 1 is 1.10 bits per heavy atom. The number of anilines is 1. The van der Waals surface area contributed by atoms with E-state index in [0.717, 1.165) is 42.8 Å². The van der Waals surface area contributed by atoms with E-state index in [2.05, 4.69) is 32.5 Å². The molecule has 2 heterocycles. The smallest absolute Gasteiger partial charge is 0.195 e. The van der Waals surface area contributed by atoms with Gasteiger partial charge in [0.25, 0.3) is 0 Å². The summed E-state index contributed by atoms with van der Waals surface area (Å²) < 4.78 is 11.1. The molecule has 0 atom stereocenters. The van der Waals surface area contributed by atoms with Crippen LogP contribution < -0.4 is 20.1 Å². The van der Waals surface area contributed by atoms with Gasteiger partial charge in [0, 0.05) is 30.9 Å². The van der Waals surface area contributed by atoms with Gasteiger partial charge >= 0.3 is 0 Å². The molecule has 30 heavy (non-hydrogen) atoms. The number of nitrogens with zero attached hydrogens (tertiary/aromatic N) is 3. The van der Waals surface area contributed by atoms with Crippen LogP contribution in [0.5, 0.6) is 11.5 Å². The van der Waals surface area contributed by atoms with Gasteiger partial charge in [0.2, 0.25) is 0 Å². The van der Waals surface area contributed by atoms with Gasteiger partial charge in [-0.1, -0.05) is 6.42 Å². The van der Waals surface area contributed by atoms with E-state index in [0.29, 0.717) is 6.61 Å². The van der Waals surface area contributed by atoms with Crippen molar-refractivity contribution in [1.82, 2.24) is 15.1 Å². The third-order valence-electron chi connectivity index (χ3n) is 6.48. The van der Waals surface area contributed by atoms with Crippen molar-refractivity contribution in [3.8, 4) is 11.5 Å². The van der Waals surface area contributed by atoms with Crippen molar-refractivity contribution in [3.05, 3.63) is 18.2 Å². The van der Waals surface area contributed by atoms with Gasteiger partial charge < -0.3 is 25.0 Å². The molecule has 0 bridgehead atoms. The Balaban J connectivity index is 1.67. The Labute approximate surface area is 181 Å². The molecule has 1 aromatic carbocycles. The second-order valence-corrected chi connectivity index (χ2v) is 8.42. The predicted molar refractivity (Wildman–Crippen MR) is 124 cm³/mol. The summed E-state index contributed by atoms with van der Waals surface area (Å²) in [6, 6.07) is 5.88. The maximum atomic E-state index is 5.71. The summed E-state index contributed by atoms with van der Waals surface area (Å²) >= 11 is 0. The number of hydrogen-bond acceptors (Lipinski definition) is 5.